The number of amides is 1. The van der Waals surface area contributed by atoms with Crippen LogP contribution in [0.15, 0.2) is 17.5 Å². The van der Waals surface area contributed by atoms with Gasteiger partial charge in [0.15, 0.2) is 0 Å². The van der Waals surface area contributed by atoms with E-state index in [4.69, 9.17) is 10.5 Å². The summed E-state index contributed by atoms with van der Waals surface area (Å²) in [7, 11) is 2.03. The van der Waals surface area contributed by atoms with E-state index in [2.05, 4.69) is 28.6 Å². The highest BCUT2D eigenvalue weighted by atomic mass is 32.1. The summed E-state index contributed by atoms with van der Waals surface area (Å²) >= 11 is 1.72. The van der Waals surface area contributed by atoms with E-state index in [1.807, 2.05) is 33.9 Å². The van der Waals surface area contributed by atoms with Gasteiger partial charge in [0.25, 0.3) is 0 Å². The van der Waals surface area contributed by atoms with Crippen molar-refractivity contribution in [3.8, 4) is 0 Å². The summed E-state index contributed by atoms with van der Waals surface area (Å²) in [5.74, 6) is 0. The Balaban J connectivity index is 2.52. The largest absolute Gasteiger partial charge is 0.444 e. The molecule has 0 fully saturated rings. The van der Waals surface area contributed by atoms with Gasteiger partial charge in [0.1, 0.15) is 5.60 Å². The van der Waals surface area contributed by atoms with E-state index in [0.29, 0.717) is 13.1 Å². The number of thiophene rings is 1. The Hall–Kier alpha value is -1.11. The quantitative estimate of drug-likeness (QED) is 0.847. The molecule has 1 rings (SSSR count). The van der Waals surface area contributed by atoms with Gasteiger partial charge in [-0.1, -0.05) is 6.07 Å². The van der Waals surface area contributed by atoms with E-state index >= 15 is 0 Å². The molecular weight excluding hydrogens is 286 g/mol. The normalized spacial score (nSPS) is 14.8. The Morgan fingerprint density at radius 3 is 2.67 bits per heavy atom. The summed E-state index contributed by atoms with van der Waals surface area (Å²) in [4.78, 5) is 15.2. The van der Waals surface area contributed by atoms with E-state index in [0.717, 1.165) is 0 Å². The van der Waals surface area contributed by atoms with E-state index < -0.39 is 11.7 Å². The number of hydrogen-bond donors (Lipinski definition) is 2. The zero-order valence-electron chi connectivity index (χ0n) is 13.6. The van der Waals surface area contributed by atoms with Crippen molar-refractivity contribution in [1.29, 1.82) is 0 Å². The fourth-order valence-corrected chi connectivity index (χ4v) is 2.79. The third kappa shape index (κ3) is 6.03. The molecule has 21 heavy (non-hydrogen) atoms. The highest BCUT2D eigenvalue weighted by Gasteiger charge is 2.22. The zero-order chi connectivity index (χ0) is 16.0. The van der Waals surface area contributed by atoms with Crippen LogP contribution in [0, 0.1) is 0 Å². The minimum atomic E-state index is -0.488. The van der Waals surface area contributed by atoms with Gasteiger partial charge in [-0.15, -0.1) is 11.3 Å². The van der Waals surface area contributed by atoms with Crippen LogP contribution in [0.5, 0.6) is 0 Å². The number of nitrogens with zero attached hydrogens (tertiary/aromatic N) is 1. The summed E-state index contributed by atoms with van der Waals surface area (Å²) in [5.41, 5.74) is 5.36. The van der Waals surface area contributed by atoms with Gasteiger partial charge in [0, 0.05) is 30.1 Å². The number of nitrogens with two attached hydrogens (primary N) is 1. The third-order valence-corrected chi connectivity index (χ3v) is 4.34. The van der Waals surface area contributed by atoms with Crippen molar-refractivity contribution in [3.63, 3.8) is 0 Å². The molecule has 0 aliphatic rings. The predicted octanol–water partition coefficient (Wildman–Crippen LogP) is 2.59. The Kier molecular flexibility index (Phi) is 6.64. The molecule has 2 unspecified atom stereocenters. The SMILES string of the molecule is CC(c1cccs1)N(C)C(CN)CNC(=O)OC(C)(C)C. The minimum Gasteiger partial charge on any atom is -0.444 e. The lowest BCUT2D eigenvalue weighted by Crippen LogP contribution is -2.47. The van der Waals surface area contributed by atoms with Crippen molar-refractivity contribution < 1.29 is 9.53 Å². The molecule has 1 aromatic heterocycles. The molecule has 3 N–H and O–H groups in total. The molecule has 1 heterocycles. The van der Waals surface area contributed by atoms with Crippen molar-refractivity contribution in [2.75, 3.05) is 20.1 Å². The highest BCUT2D eigenvalue weighted by Crippen LogP contribution is 2.24. The van der Waals surface area contributed by atoms with Crippen LogP contribution >= 0.6 is 11.3 Å². The maximum Gasteiger partial charge on any atom is 0.407 e. The number of hydrogen-bond acceptors (Lipinski definition) is 5. The lowest BCUT2D eigenvalue weighted by Gasteiger charge is -2.32. The van der Waals surface area contributed by atoms with Gasteiger partial charge in [-0.3, -0.25) is 4.90 Å². The van der Waals surface area contributed by atoms with Crippen molar-refractivity contribution in [2.45, 2.75) is 45.4 Å². The number of alkyl carbamates (subject to hydrolysis) is 1. The van der Waals surface area contributed by atoms with Crippen LogP contribution in [0.4, 0.5) is 4.79 Å². The topological polar surface area (TPSA) is 67.6 Å². The molecule has 0 aliphatic heterocycles. The average molecular weight is 313 g/mol. The molecule has 0 bridgehead atoms. The second kappa shape index (κ2) is 7.77. The molecule has 0 aliphatic carbocycles. The Bertz CT molecular complexity index is 429. The Morgan fingerprint density at radius 1 is 1.52 bits per heavy atom. The third-order valence-electron chi connectivity index (χ3n) is 3.29. The van der Waals surface area contributed by atoms with Gasteiger partial charge in [-0.05, 0) is 46.2 Å². The molecule has 0 aromatic carbocycles. The number of rotatable bonds is 6. The van der Waals surface area contributed by atoms with Crippen LogP contribution in [0.2, 0.25) is 0 Å². The smallest absolute Gasteiger partial charge is 0.407 e. The standard InChI is InChI=1S/C15H27N3O2S/c1-11(13-7-6-8-21-13)18(5)12(9-16)10-17-14(19)20-15(2,3)4/h6-8,11-12H,9-10,16H2,1-5H3,(H,17,19). The molecule has 5 nitrogen and oxygen atoms in total. The lowest BCUT2D eigenvalue weighted by molar-refractivity contribution is 0.0506. The van der Waals surface area contributed by atoms with Crippen molar-refractivity contribution in [1.82, 2.24) is 10.2 Å². The van der Waals surface area contributed by atoms with Crippen LogP contribution in [-0.4, -0.2) is 42.8 Å². The molecule has 1 aromatic rings. The minimum absolute atomic E-state index is 0.0645. The summed E-state index contributed by atoms with van der Waals surface area (Å²) in [6, 6.07) is 4.48. The summed E-state index contributed by atoms with van der Waals surface area (Å²) in [6.45, 7) is 8.62. The lowest BCUT2D eigenvalue weighted by atomic mass is 10.1. The van der Waals surface area contributed by atoms with E-state index in [1.54, 1.807) is 11.3 Å². The predicted molar refractivity (Wildman–Crippen MR) is 87.6 cm³/mol. The summed E-state index contributed by atoms with van der Waals surface area (Å²) in [5, 5.41) is 4.86. The first-order valence-corrected chi connectivity index (χ1v) is 8.05. The van der Waals surface area contributed by atoms with Gasteiger partial charge in [0.2, 0.25) is 0 Å². The second-order valence-electron chi connectivity index (χ2n) is 6.13. The van der Waals surface area contributed by atoms with Gasteiger partial charge in [-0.25, -0.2) is 4.79 Å². The number of carbonyl (C=O) groups is 1. The van der Waals surface area contributed by atoms with Crippen LogP contribution in [0.3, 0.4) is 0 Å². The molecule has 0 radical (unpaired) electrons. The molecule has 6 heteroatoms. The number of carbonyl (C=O) groups excluding carboxylic acids is 1. The highest BCUT2D eigenvalue weighted by molar-refractivity contribution is 7.10. The molecular formula is C15H27N3O2S. The van der Waals surface area contributed by atoms with Crippen LogP contribution in [-0.2, 0) is 4.74 Å². The zero-order valence-corrected chi connectivity index (χ0v) is 14.4. The van der Waals surface area contributed by atoms with E-state index in [9.17, 15) is 4.79 Å². The number of nitrogens with one attached hydrogen (secondary N) is 1. The van der Waals surface area contributed by atoms with Crippen LogP contribution in [0.1, 0.15) is 38.6 Å². The maximum absolute atomic E-state index is 11.7. The van der Waals surface area contributed by atoms with Crippen molar-refractivity contribution >= 4 is 17.4 Å². The van der Waals surface area contributed by atoms with Crippen molar-refractivity contribution in [2.24, 2.45) is 5.73 Å². The average Bonchev–Trinajstić information content (AvgIpc) is 2.90. The monoisotopic (exact) mass is 313 g/mol. The van der Waals surface area contributed by atoms with Gasteiger partial charge in [-0.2, -0.15) is 0 Å². The summed E-state index contributed by atoms with van der Waals surface area (Å²) in [6.07, 6.45) is -0.405. The molecule has 1 amide bonds. The first kappa shape index (κ1) is 17.9. The van der Waals surface area contributed by atoms with E-state index in [-0.39, 0.29) is 12.1 Å². The van der Waals surface area contributed by atoms with Crippen molar-refractivity contribution in [3.05, 3.63) is 22.4 Å². The van der Waals surface area contributed by atoms with E-state index in [1.165, 1.54) is 4.88 Å². The first-order chi connectivity index (χ1) is 9.74. The molecule has 2 atom stereocenters. The number of ether oxygens (including phenoxy) is 1. The molecule has 0 saturated carbocycles. The van der Waals surface area contributed by atoms with Gasteiger partial charge in [0.05, 0.1) is 0 Å². The van der Waals surface area contributed by atoms with Gasteiger partial charge >= 0.3 is 6.09 Å². The number of likely N-dealkylation sites (N-methyl/N-ethyl adjacent to an activating group) is 1. The molecule has 0 saturated heterocycles. The summed E-state index contributed by atoms with van der Waals surface area (Å²) < 4.78 is 5.24. The van der Waals surface area contributed by atoms with Crippen LogP contribution in [0.25, 0.3) is 0 Å². The fraction of sp³-hybridized carbons (Fsp3) is 0.667. The maximum atomic E-state index is 11.7. The fourth-order valence-electron chi connectivity index (χ4n) is 1.95. The second-order valence-corrected chi connectivity index (χ2v) is 7.11. The first-order valence-electron chi connectivity index (χ1n) is 7.17. The Morgan fingerprint density at radius 2 is 2.19 bits per heavy atom. The molecule has 120 valence electrons. The molecule has 0 spiro atoms. The van der Waals surface area contributed by atoms with Gasteiger partial charge < -0.3 is 15.8 Å². The Labute approximate surface area is 131 Å². The van der Waals surface area contributed by atoms with Crippen LogP contribution < -0.4 is 11.1 Å².